The van der Waals surface area contributed by atoms with Crippen molar-refractivity contribution in [1.29, 1.82) is 0 Å². The van der Waals surface area contributed by atoms with E-state index in [2.05, 4.69) is 19.2 Å². The SMILES string of the molecule is CCCC(C)C(=O)NCC1(O)CCC(C)CC1. The third-order valence-electron chi connectivity index (χ3n) is 3.97. The first-order valence-electron chi connectivity index (χ1n) is 6.97. The third-order valence-corrected chi connectivity index (χ3v) is 3.97. The minimum absolute atomic E-state index is 0.0612. The van der Waals surface area contributed by atoms with E-state index in [9.17, 15) is 9.90 Å². The van der Waals surface area contributed by atoms with Crippen LogP contribution in [0.15, 0.2) is 0 Å². The summed E-state index contributed by atoms with van der Waals surface area (Å²) in [5.41, 5.74) is -0.659. The second kappa shape index (κ2) is 6.39. The number of carbonyl (C=O) groups excluding carboxylic acids is 1. The van der Waals surface area contributed by atoms with Gasteiger partial charge in [0.2, 0.25) is 5.91 Å². The maximum absolute atomic E-state index is 11.8. The summed E-state index contributed by atoms with van der Waals surface area (Å²) in [5.74, 6) is 0.856. The molecule has 1 atom stereocenters. The zero-order valence-electron chi connectivity index (χ0n) is 11.5. The number of amides is 1. The Bertz CT molecular complexity index is 245. The highest BCUT2D eigenvalue weighted by Crippen LogP contribution is 2.31. The smallest absolute Gasteiger partial charge is 0.222 e. The first kappa shape index (κ1) is 14.5. The normalized spacial score (nSPS) is 30.9. The van der Waals surface area contributed by atoms with Crippen molar-refractivity contribution in [2.45, 2.75) is 64.9 Å². The van der Waals surface area contributed by atoms with Crippen molar-refractivity contribution in [3.63, 3.8) is 0 Å². The van der Waals surface area contributed by atoms with Gasteiger partial charge in [-0.25, -0.2) is 0 Å². The maximum atomic E-state index is 11.8. The Kier molecular flexibility index (Phi) is 5.44. The Morgan fingerprint density at radius 2 is 2.06 bits per heavy atom. The Morgan fingerprint density at radius 1 is 1.47 bits per heavy atom. The Labute approximate surface area is 105 Å². The molecule has 0 aromatic rings. The summed E-state index contributed by atoms with van der Waals surface area (Å²) in [5, 5.41) is 13.2. The second-order valence-corrected chi connectivity index (χ2v) is 5.81. The highest BCUT2D eigenvalue weighted by Gasteiger charge is 2.32. The number of carbonyl (C=O) groups is 1. The summed E-state index contributed by atoms with van der Waals surface area (Å²) in [6.07, 6.45) is 5.71. The average molecular weight is 241 g/mol. The largest absolute Gasteiger partial charge is 0.388 e. The van der Waals surface area contributed by atoms with Gasteiger partial charge in [0, 0.05) is 12.5 Å². The van der Waals surface area contributed by atoms with E-state index in [4.69, 9.17) is 0 Å². The summed E-state index contributed by atoms with van der Waals surface area (Å²) in [7, 11) is 0. The molecule has 0 radical (unpaired) electrons. The molecule has 0 saturated heterocycles. The van der Waals surface area contributed by atoms with Crippen LogP contribution in [0.3, 0.4) is 0 Å². The first-order valence-corrected chi connectivity index (χ1v) is 6.97. The van der Waals surface area contributed by atoms with Gasteiger partial charge in [-0.2, -0.15) is 0 Å². The summed E-state index contributed by atoms with van der Waals surface area (Å²) >= 11 is 0. The summed E-state index contributed by atoms with van der Waals surface area (Å²) in [6.45, 7) is 6.68. The van der Waals surface area contributed by atoms with Gasteiger partial charge in [0.05, 0.1) is 5.60 Å². The minimum atomic E-state index is -0.659. The van der Waals surface area contributed by atoms with Crippen LogP contribution >= 0.6 is 0 Å². The number of nitrogens with one attached hydrogen (secondary N) is 1. The summed E-state index contributed by atoms with van der Waals surface area (Å²) in [4.78, 5) is 11.8. The lowest BCUT2D eigenvalue weighted by molar-refractivity contribution is -0.126. The third kappa shape index (κ3) is 4.66. The van der Waals surface area contributed by atoms with Crippen molar-refractivity contribution in [1.82, 2.24) is 5.32 Å². The Balaban J connectivity index is 2.32. The number of rotatable bonds is 5. The van der Waals surface area contributed by atoms with Crippen LogP contribution in [0, 0.1) is 11.8 Å². The highest BCUT2D eigenvalue weighted by molar-refractivity contribution is 5.78. The Morgan fingerprint density at radius 3 is 2.59 bits per heavy atom. The molecule has 2 N–H and O–H groups in total. The molecule has 1 saturated carbocycles. The molecule has 0 aliphatic heterocycles. The number of aliphatic hydroxyl groups is 1. The van der Waals surface area contributed by atoms with E-state index in [1.807, 2.05) is 6.92 Å². The van der Waals surface area contributed by atoms with Gasteiger partial charge in [-0.05, 0) is 38.0 Å². The van der Waals surface area contributed by atoms with Crippen LogP contribution in [-0.2, 0) is 4.79 Å². The van der Waals surface area contributed by atoms with Gasteiger partial charge >= 0.3 is 0 Å². The van der Waals surface area contributed by atoms with Gasteiger partial charge < -0.3 is 10.4 Å². The monoisotopic (exact) mass is 241 g/mol. The van der Waals surface area contributed by atoms with Gasteiger partial charge in [0.15, 0.2) is 0 Å². The van der Waals surface area contributed by atoms with Crippen LogP contribution in [0.25, 0.3) is 0 Å². The summed E-state index contributed by atoms with van der Waals surface area (Å²) in [6, 6.07) is 0. The van der Waals surface area contributed by atoms with Crippen molar-refractivity contribution in [2.24, 2.45) is 11.8 Å². The van der Waals surface area contributed by atoms with Crippen LogP contribution < -0.4 is 5.32 Å². The fourth-order valence-electron chi connectivity index (χ4n) is 2.47. The second-order valence-electron chi connectivity index (χ2n) is 5.81. The van der Waals surface area contributed by atoms with Crippen molar-refractivity contribution < 1.29 is 9.90 Å². The van der Waals surface area contributed by atoms with E-state index in [0.717, 1.165) is 38.5 Å². The van der Waals surface area contributed by atoms with Crippen molar-refractivity contribution in [3.8, 4) is 0 Å². The van der Waals surface area contributed by atoms with Crippen LogP contribution in [0.1, 0.15) is 59.3 Å². The maximum Gasteiger partial charge on any atom is 0.222 e. The molecule has 1 unspecified atom stereocenters. The van der Waals surface area contributed by atoms with E-state index in [-0.39, 0.29) is 11.8 Å². The van der Waals surface area contributed by atoms with Gasteiger partial charge in [-0.3, -0.25) is 4.79 Å². The van der Waals surface area contributed by atoms with Gasteiger partial charge in [-0.1, -0.05) is 27.2 Å². The molecule has 100 valence electrons. The molecule has 1 amide bonds. The molecule has 1 fully saturated rings. The van der Waals surface area contributed by atoms with Crippen LogP contribution in [0.2, 0.25) is 0 Å². The van der Waals surface area contributed by atoms with Crippen molar-refractivity contribution in [3.05, 3.63) is 0 Å². The predicted molar refractivity (Wildman–Crippen MR) is 69.7 cm³/mol. The minimum Gasteiger partial charge on any atom is -0.388 e. The molecular formula is C14H27NO2. The van der Waals surface area contributed by atoms with Crippen LogP contribution in [0.4, 0.5) is 0 Å². The fraction of sp³-hybridized carbons (Fsp3) is 0.929. The number of hydrogen-bond donors (Lipinski definition) is 2. The van der Waals surface area contributed by atoms with Gasteiger partial charge in [0.25, 0.3) is 0 Å². The van der Waals surface area contributed by atoms with Gasteiger partial charge in [0.1, 0.15) is 0 Å². The zero-order chi connectivity index (χ0) is 12.9. The lowest BCUT2D eigenvalue weighted by Gasteiger charge is -2.35. The molecule has 0 aromatic heterocycles. The van der Waals surface area contributed by atoms with E-state index in [0.29, 0.717) is 12.5 Å². The zero-order valence-corrected chi connectivity index (χ0v) is 11.5. The molecule has 0 heterocycles. The quantitative estimate of drug-likeness (QED) is 0.777. The van der Waals surface area contributed by atoms with E-state index >= 15 is 0 Å². The Hall–Kier alpha value is -0.570. The first-order chi connectivity index (χ1) is 7.97. The molecule has 3 nitrogen and oxygen atoms in total. The van der Waals surface area contributed by atoms with Crippen molar-refractivity contribution >= 4 is 5.91 Å². The molecule has 3 heteroatoms. The predicted octanol–water partition coefficient (Wildman–Crippen LogP) is 2.48. The lowest BCUT2D eigenvalue weighted by atomic mass is 9.79. The van der Waals surface area contributed by atoms with E-state index in [1.165, 1.54) is 0 Å². The van der Waals surface area contributed by atoms with Crippen molar-refractivity contribution in [2.75, 3.05) is 6.54 Å². The lowest BCUT2D eigenvalue weighted by Crippen LogP contribution is -2.46. The van der Waals surface area contributed by atoms with E-state index in [1.54, 1.807) is 0 Å². The molecular weight excluding hydrogens is 214 g/mol. The van der Waals surface area contributed by atoms with Crippen LogP contribution in [-0.4, -0.2) is 23.2 Å². The standard InChI is InChI=1S/C14H27NO2/c1-4-5-12(3)13(16)15-10-14(17)8-6-11(2)7-9-14/h11-12,17H,4-10H2,1-3H3,(H,15,16). The van der Waals surface area contributed by atoms with E-state index < -0.39 is 5.60 Å². The topological polar surface area (TPSA) is 49.3 Å². The van der Waals surface area contributed by atoms with Crippen LogP contribution in [0.5, 0.6) is 0 Å². The molecule has 0 bridgehead atoms. The molecule has 1 rings (SSSR count). The number of hydrogen-bond acceptors (Lipinski definition) is 2. The molecule has 1 aliphatic rings. The summed E-state index contributed by atoms with van der Waals surface area (Å²) < 4.78 is 0. The fourth-order valence-corrected chi connectivity index (χ4v) is 2.47. The molecule has 0 aromatic carbocycles. The van der Waals surface area contributed by atoms with Gasteiger partial charge in [-0.15, -0.1) is 0 Å². The highest BCUT2D eigenvalue weighted by atomic mass is 16.3. The average Bonchev–Trinajstić information content (AvgIpc) is 2.31. The molecule has 17 heavy (non-hydrogen) atoms. The molecule has 0 spiro atoms. The molecule has 1 aliphatic carbocycles.